The molecule has 43 heavy (non-hydrogen) atoms. The first kappa shape index (κ1) is 28.4. The number of imide groups is 1. The molecule has 3 atom stereocenters. The summed E-state index contributed by atoms with van der Waals surface area (Å²) in [5.74, 6) is -2.18. The number of rotatable bonds is 7. The normalized spacial score (nSPS) is 19.6. The summed E-state index contributed by atoms with van der Waals surface area (Å²) >= 11 is 0. The van der Waals surface area contributed by atoms with E-state index >= 15 is 0 Å². The van der Waals surface area contributed by atoms with Crippen molar-refractivity contribution in [1.29, 1.82) is 0 Å². The minimum absolute atomic E-state index is 0.242. The van der Waals surface area contributed by atoms with Crippen LogP contribution in [0.15, 0.2) is 97.3 Å². The molecule has 0 bridgehead atoms. The van der Waals surface area contributed by atoms with Gasteiger partial charge in [-0.15, -0.1) is 0 Å². The van der Waals surface area contributed by atoms with E-state index in [0.29, 0.717) is 25.2 Å². The molecule has 3 aromatic carbocycles. The number of aromatic nitrogens is 2. The number of ether oxygens (including phenoxy) is 1. The van der Waals surface area contributed by atoms with Gasteiger partial charge in [0, 0.05) is 19.6 Å². The predicted molar refractivity (Wildman–Crippen MR) is 163 cm³/mol. The summed E-state index contributed by atoms with van der Waals surface area (Å²) < 4.78 is 7.82. The Bertz CT molecular complexity index is 1610. The molecule has 1 fully saturated rings. The first-order chi connectivity index (χ1) is 20.7. The molecule has 1 aromatic heterocycles. The van der Waals surface area contributed by atoms with Crippen molar-refractivity contribution in [3.8, 4) is 0 Å². The van der Waals surface area contributed by atoms with E-state index in [9.17, 15) is 14.4 Å². The summed E-state index contributed by atoms with van der Waals surface area (Å²) in [6, 6.07) is 28.8. The highest BCUT2D eigenvalue weighted by molar-refractivity contribution is 6.24. The second kappa shape index (κ2) is 11.5. The third-order valence-corrected chi connectivity index (χ3v) is 8.10. The van der Waals surface area contributed by atoms with Gasteiger partial charge in [-0.05, 0) is 56.4 Å². The van der Waals surface area contributed by atoms with Gasteiger partial charge in [-0.1, -0.05) is 78.9 Å². The number of fused-ring (bicyclic) bond motifs is 3. The second-order valence-corrected chi connectivity index (χ2v) is 12.4. The molecule has 2 heterocycles. The van der Waals surface area contributed by atoms with E-state index < -0.39 is 23.5 Å². The number of carbonyl (C=O) groups excluding carboxylic acids is 3. The van der Waals surface area contributed by atoms with Gasteiger partial charge in [0.1, 0.15) is 5.60 Å². The fraction of sp³-hybridized carbons (Fsp3) is 0.314. The summed E-state index contributed by atoms with van der Waals surface area (Å²) in [4.78, 5) is 49.7. The molecule has 4 aromatic rings. The predicted octanol–water partition coefficient (Wildman–Crippen LogP) is 5.81. The van der Waals surface area contributed by atoms with E-state index in [-0.39, 0.29) is 24.3 Å². The number of hydrogen-bond acceptors (Lipinski definition) is 5. The van der Waals surface area contributed by atoms with Gasteiger partial charge in [-0.3, -0.25) is 9.59 Å². The molecule has 0 unspecified atom stereocenters. The molecule has 0 radical (unpaired) electrons. The fourth-order valence-electron chi connectivity index (χ4n) is 6.31. The van der Waals surface area contributed by atoms with Crippen molar-refractivity contribution in [2.24, 2.45) is 11.8 Å². The molecule has 1 aliphatic heterocycles. The summed E-state index contributed by atoms with van der Waals surface area (Å²) in [5, 5.41) is 0. The van der Waals surface area contributed by atoms with Gasteiger partial charge in [0.2, 0.25) is 11.8 Å². The molecule has 0 N–H and O–H groups in total. The highest BCUT2D eigenvalue weighted by atomic mass is 16.6. The maximum Gasteiger partial charge on any atom is 0.410 e. The largest absolute Gasteiger partial charge is 0.444 e. The molecular formula is C35H36N4O4. The number of hydrogen-bond donors (Lipinski definition) is 0. The molecule has 1 aliphatic carbocycles. The van der Waals surface area contributed by atoms with Crippen LogP contribution < -0.4 is 4.90 Å². The zero-order valence-electron chi connectivity index (χ0n) is 24.7. The van der Waals surface area contributed by atoms with E-state index in [0.717, 1.165) is 22.5 Å². The Labute approximate surface area is 251 Å². The number of carbonyl (C=O) groups is 3. The van der Waals surface area contributed by atoms with Gasteiger partial charge in [0.05, 0.1) is 35.2 Å². The Hall–Kier alpha value is -4.72. The summed E-state index contributed by atoms with van der Waals surface area (Å²) in [6.07, 6.45) is 1.79. The van der Waals surface area contributed by atoms with Crippen LogP contribution in [0.4, 0.5) is 10.5 Å². The maximum atomic E-state index is 14.2. The minimum Gasteiger partial charge on any atom is -0.444 e. The fourth-order valence-corrected chi connectivity index (χ4v) is 6.31. The van der Waals surface area contributed by atoms with Gasteiger partial charge in [0.25, 0.3) is 0 Å². The van der Waals surface area contributed by atoms with Crippen molar-refractivity contribution >= 4 is 23.6 Å². The number of para-hydroxylation sites is 1. The Morgan fingerprint density at radius 2 is 1.49 bits per heavy atom. The van der Waals surface area contributed by atoms with Crippen LogP contribution >= 0.6 is 0 Å². The smallest absolute Gasteiger partial charge is 0.410 e. The van der Waals surface area contributed by atoms with Gasteiger partial charge >= 0.3 is 6.09 Å². The van der Waals surface area contributed by atoms with Crippen LogP contribution in [0.25, 0.3) is 0 Å². The molecule has 8 heteroatoms. The zero-order chi connectivity index (χ0) is 30.1. The lowest BCUT2D eigenvalue weighted by atomic mass is 9.73. The topological polar surface area (TPSA) is 84.7 Å². The minimum atomic E-state index is -0.704. The van der Waals surface area contributed by atoms with E-state index in [2.05, 4.69) is 0 Å². The number of imidazole rings is 1. The molecular weight excluding hydrogens is 540 g/mol. The van der Waals surface area contributed by atoms with Crippen LogP contribution in [0.2, 0.25) is 0 Å². The van der Waals surface area contributed by atoms with Crippen LogP contribution in [0.3, 0.4) is 0 Å². The first-order valence-corrected chi connectivity index (χ1v) is 14.7. The lowest BCUT2D eigenvalue weighted by molar-refractivity contribution is -0.123. The van der Waals surface area contributed by atoms with Crippen molar-refractivity contribution in [2.45, 2.75) is 51.8 Å². The van der Waals surface area contributed by atoms with Crippen LogP contribution in [0, 0.1) is 11.8 Å². The van der Waals surface area contributed by atoms with Gasteiger partial charge in [0.15, 0.2) is 0 Å². The zero-order valence-corrected chi connectivity index (χ0v) is 24.7. The Kier molecular flexibility index (Phi) is 7.61. The highest BCUT2D eigenvalue weighted by Gasteiger charge is 2.56. The maximum absolute atomic E-state index is 14.2. The van der Waals surface area contributed by atoms with Crippen molar-refractivity contribution in [2.75, 3.05) is 11.4 Å². The second-order valence-electron chi connectivity index (χ2n) is 12.4. The summed E-state index contributed by atoms with van der Waals surface area (Å²) in [6.45, 7) is 6.63. The Balaban J connectivity index is 1.39. The van der Waals surface area contributed by atoms with E-state index in [4.69, 9.17) is 9.72 Å². The molecule has 0 saturated carbocycles. The van der Waals surface area contributed by atoms with Gasteiger partial charge in [-0.2, -0.15) is 0 Å². The van der Waals surface area contributed by atoms with Crippen LogP contribution in [0.5, 0.6) is 0 Å². The molecule has 2 aliphatic rings. The molecule has 6 rings (SSSR count). The van der Waals surface area contributed by atoms with Crippen LogP contribution in [-0.4, -0.2) is 44.5 Å². The Morgan fingerprint density at radius 1 is 0.884 bits per heavy atom. The third-order valence-electron chi connectivity index (χ3n) is 8.10. The van der Waals surface area contributed by atoms with Crippen molar-refractivity contribution in [3.63, 3.8) is 0 Å². The van der Waals surface area contributed by atoms with Crippen LogP contribution in [-0.2, 0) is 33.8 Å². The van der Waals surface area contributed by atoms with Crippen LogP contribution in [0.1, 0.15) is 49.2 Å². The average Bonchev–Trinajstić information content (AvgIpc) is 3.50. The molecule has 0 spiro atoms. The van der Waals surface area contributed by atoms with E-state index in [1.165, 1.54) is 4.90 Å². The van der Waals surface area contributed by atoms with Gasteiger partial charge in [-0.25, -0.2) is 14.7 Å². The number of benzene rings is 3. The van der Waals surface area contributed by atoms with E-state index in [1.54, 1.807) is 23.4 Å². The highest BCUT2D eigenvalue weighted by Crippen LogP contribution is 2.47. The summed E-state index contributed by atoms with van der Waals surface area (Å²) in [7, 11) is 0. The van der Waals surface area contributed by atoms with Crippen molar-refractivity contribution in [1.82, 2.24) is 14.5 Å². The van der Waals surface area contributed by atoms with Gasteiger partial charge < -0.3 is 14.2 Å². The molecule has 3 amide bonds. The molecule has 220 valence electrons. The third kappa shape index (κ3) is 5.82. The van der Waals surface area contributed by atoms with Crippen molar-refractivity contribution < 1.29 is 19.1 Å². The standard InChI is InChI=1S/C35H36N4O4/c1-35(2,3)43-34(42)37(20-24-13-7-4-8-14-24)22-26-19-28-31(38(23-36-28)21-25-15-9-5-10-16-25)30-29(26)32(40)39(33(30)41)27-17-11-6-12-18-27/h4-18,23,26,29-30H,19-22H2,1-3H3/t26-,29+,30+/m0/s1. The lowest BCUT2D eigenvalue weighted by Crippen LogP contribution is -2.44. The average molecular weight is 577 g/mol. The SMILES string of the molecule is CC(C)(C)OC(=O)N(Cc1ccccc1)C[C@@H]1Cc2ncn(Cc3ccccc3)c2[C@@H]2C(=O)N(c3ccccc3)C(=O)[C@H]12. The summed E-state index contributed by atoms with van der Waals surface area (Å²) in [5.41, 5.74) is 3.48. The molecule has 8 nitrogen and oxygen atoms in total. The van der Waals surface area contributed by atoms with Crippen molar-refractivity contribution in [3.05, 3.63) is 120 Å². The van der Waals surface area contributed by atoms with E-state index in [1.807, 2.05) is 104 Å². The monoisotopic (exact) mass is 576 g/mol. The first-order valence-electron chi connectivity index (χ1n) is 14.7. The lowest BCUT2D eigenvalue weighted by Gasteiger charge is -2.35. The number of amides is 3. The number of nitrogens with zero attached hydrogens (tertiary/aromatic N) is 4. The molecule has 1 saturated heterocycles. The quantitative estimate of drug-likeness (QED) is 0.259. The number of anilines is 1. The Morgan fingerprint density at radius 3 is 2.12 bits per heavy atom.